The highest BCUT2D eigenvalue weighted by Gasteiger charge is 2.33. The van der Waals surface area contributed by atoms with Crippen LogP contribution in [-0.4, -0.2) is 49.9 Å². The number of carbonyl (C=O) groups excluding carboxylic acids is 1. The minimum absolute atomic E-state index is 0.0775. The summed E-state index contributed by atoms with van der Waals surface area (Å²) in [6.07, 6.45) is 2.02. The summed E-state index contributed by atoms with van der Waals surface area (Å²) in [6.45, 7) is 1.97. The van der Waals surface area contributed by atoms with Crippen molar-refractivity contribution < 1.29 is 13.2 Å². The molecular weight excluding hydrogens is 228 g/mol. The highest BCUT2D eigenvalue weighted by atomic mass is 32.2. The highest BCUT2D eigenvalue weighted by Crippen LogP contribution is 2.17. The fraction of sp³-hybridized carbons (Fsp3) is 0.900. The van der Waals surface area contributed by atoms with E-state index in [0.29, 0.717) is 12.8 Å². The number of nitrogens with two attached hydrogens (primary N) is 1. The molecule has 0 bridgehead atoms. The van der Waals surface area contributed by atoms with Gasteiger partial charge in [-0.1, -0.05) is 13.3 Å². The number of nitrogens with zero attached hydrogens (tertiary/aromatic N) is 1. The van der Waals surface area contributed by atoms with E-state index in [-0.39, 0.29) is 23.5 Å². The zero-order chi connectivity index (χ0) is 12.3. The smallest absolute Gasteiger partial charge is 0.239 e. The van der Waals surface area contributed by atoms with Crippen LogP contribution < -0.4 is 5.73 Å². The van der Waals surface area contributed by atoms with Gasteiger partial charge in [-0.05, 0) is 12.8 Å². The lowest BCUT2D eigenvalue weighted by molar-refractivity contribution is -0.133. The first-order chi connectivity index (χ1) is 7.37. The first-order valence-corrected chi connectivity index (χ1v) is 7.42. The van der Waals surface area contributed by atoms with Crippen LogP contribution in [0, 0.1) is 0 Å². The molecule has 0 aliphatic carbocycles. The van der Waals surface area contributed by atoms with E-state index in [2.05, 4.69) is 0 Å². The fourth-order valence-electron chi connectivity index (χ4n) is 1.96. The standard InChI is InChI=1S/C10H20N2O3S/c1-3-4-9(11)10(13)12(2)8-5-6-16(14,15)7-8/h8-9H,3-7,11H2,1-2H3. The average Bonchev–Trinajstić information content (AvgIpc) is 2.57. The Balaban J connectivity index is 2.58. The molecule has 1 saturated heterocycles. The molecule has 5 nitrogen and oxygen atoms in total. The van der Waals surface area contributed by atoms with Crippen molar-refractivity contribution in [1.29, 1.82) is 0 Å². The topological polar surface area (TPSA) is 80.5 Å². The van der Waals surface area contributed by atoms with Crippen LogP contribution in [0.3, 0.4) is 0 Å². The fourth-order valence-corrected chi connectivity index (χ4v) is 3.73. The number of carbonyl (C=O) groups is 1. The molecule has 0 aromatic carbocycles. The van der Waals surface area contributed by atoms with Crippen LogP contribution in [0.25, 0.3) is 0 Å². The summed E-state index contributed by atoms with van der Waals surface area (Å²) in [7, 11) is -1.30. The summed E-state index contributed by atoms with van der Waals surface area (Å²) in [5.41, 5.74) is 5.72. The molecule has 6 heteroatoms. The van der Waals surface area contributed by atoms with E-state index < -0.39 is 15.9 Å². The number of rotatable bonds is 4. The minimum Gasteiger partial charge on any atom is -0.340 e. The van der Waals surface area contributed by atoms with E-state index in [1.807, 2.05) is 6.92 Å². The van der Waals surface area contributed by atoms with Crippen LogP contribution in [0.2, 0.25) is 0 Å². The lowest BCUT2D eigenvalue weighted by Crippen LogP contribution is -2.46. The van der Waals surface area contributed by atoms with Gasteiger partial charge in [0.05, 0.1) is 17.5 Å². The zero-order valence-corrected chi connectivity index (χ0v) is 10.7. The van der Waals surface area contributed by atoms with E-state index in [4.69, 9.17) is 5.73 Å². The molecule has 0 aromatic rings. The molecule has 1 rings (SSSR count). The molecule has 16 heavy (non-hydrogen) atoms. The van der Waals surface area contributed by atoms with Gasteiger partial charge in [0.2, 0.25) is 5.91 Å². The van der Waals surface area contributed by atoms with Crippen LogP contribution in [0.5, 0.6) is 0 Å². The number of hydrogen-bond donors (Lipinski definition) is 1. The minimum atomic E-state index is -2.95. The van der Waals surface area contributed by atoms with E-state index in [9.17, 15) is 13.2 Å². The molecule has 0 spiro atoms. The predicted octanol–water partition coefficient (Wildman–Crippen LogP) is -0.241. The van der Waals surface area contributed by atoms with Crippen molar-refractivity contribution >= 4 is 15.7 Å². The van der Waals surface area contributed by atoms with E-state index in [1.165, 1.54) is 4.90 Å². The largest absolute Gasteiger partial charge is 0.340 e. The molecule has 0 radical (unpaired) electrons. The SMILES string of the molecule is CCCC(N)C(=O)N(C)C1CCS(=O)(=O)C1. The number of likely N-dealkylation sites (N-methyl/N-ethyl adjacent to an activating group) is 1. The molecule has 1 fully saturated rings. The monoisotopic (exact) mass is 248 g/mol. The Kier molecular flexibility index (Phi) is 4.32. The summed E-state index contributed by atoms with van der Waals surface area (Å²) < 4.78 is 22.6. The summed E-state index contributed by atoms with van der Waals surface area (Å²) in [5, 5.41) is 0. The third-order valence-corrected chi connectivity index (χ3v) is 4.77. The lowest BCUT2D eigenvalue weighted by Gasteiger charge is -2.26. The maximum atomic E-state index is 11.8. The molecule has 1 aliphatic heterocycles. The van der Waals surface area contributed by atoms with E-state index in [0.717, 1.165) is 6.42 Å². The number of amides is 1. The van der Waals surface area contributed by atoms with Crippen molar-refractivity contribution in [1.82, 2.24) is 4.90 Å². The molecule has 1 amide bonds. The van der Waals surface area contributed by atoms with Crippen molar-refractivity contribution in [2.24, 2.45) is 5.73 Å². The summed E-state index contributed by atoms with van der Waals surface area (Å²) in [5.74, 6) is 0.107. The van der Waals surface area contributed by atoms with Gasteiger partial charge in [0.1, 0.15) is 0 Å². The number of sulfone groups is 1. The molecule has 2 unspecified atom stereocenters. The van der Waals surface area contributed by atoms with Gasteiger partial charge in [-0.3, -0.25) is 4.79 Å². The van der Waals surface area contributed by atoms with Gasteiger partial charge in [-0.2, -0.15) is 0 Å². The van der Waals surface area contributed by atoms with Crippen LogP contribution >= 0.6 is 0 Å². The molecular formula is C10H20N2O3S. The van der Waals surface area contributed by atoms with Gasteiger partial charge < -0.3 is 10.6 Å². The number of hydrogen-bond acceptors (Lipinski definition) is 4. The van der Waals surface area contributed by atoms with Crippen LogP contribution in [0.1, 0.15) is 26.2 Å². The second-order valence-electron chi connectivity index (χ2n) is 4.40. The first kappa shape index (κ1) is 13.4. The molecule has 94 valence electrons. The van der Waals surface area contributed by atoms with Crippen molar-refractivity contribution in [3.8, 4) is 0 Å². The van der Waals surface area contributed by atoms with Gasteiger partial charge in [0.15, 0.2) is 9.84 Å². The van der Waals surface area contributed by atoms with Crippen LogP contribution in [0.15, 0.2) is 0 Å². The van der Waals surface area contributed by atoms with Crippen molar-refractivity contribution in [3.05, 3.63) is 0 Å². The predicted molar refractivity (Wildman–Crippen MR) is 62.7 cm³/mol. The Labute approximate surface area is 96.9 Å². The van der Waals surface area contributed by atoms with Gasteiger partial charge in [0, 0.05) is 13.1 Å². The molecule has 0 aromatic heterocycles. The van der Waals surface area contributed by atoms with Gasteiger partial charge in [-0.15, -0.1) is 0 Å². The second kappa shape index (κ2) is 5.14. The Bertz CT molecular complexity index is 353. The van der Waals surface area contributed by atoms with Gasteiger partial charge >= 0.3 is 0 Å². The summed E-state index contributed by atoms with van der Waals surface area (Å²) >= 11 is 0. The van der Waals surface area contributed by atoms with Crippen LogP contribution in [-0.2, 0) is 14.6 Å². The Morgan fingerprint density at radius 2 is 2.19 bits per heavy atom. The van der Waals surface area contributed by atoms with Crippen molar-refractivity contribution in [2.45, 2.75) is 38.3 Å². The van der Waals surface area contributed by atoms with Crippen molar-refractivity contribution in [3.63, 3.8) is 0 Å². The molecule has 2 N–H and O–H groups in total. The summed E-state index contributed by atoms with van der Waals surface area (Å²) in [4.78, 5) is 13.3. The van der Waals surface area contributed by atoms with Gasteiger partial charge in [0.25, 0.3) is 0 Å². The maximum absolute atomic E-state index is 11.8. The van der Waals surface area contributed by atoms with E-state index >= 15 is 0 Å². The Hall–Kier alpha value is -0.620. The normalized spacial score (nSPS) is 25.3. The zero-order valence-electron chi connectivity index (χ0n) is 9.85. The van der Waals surface area contributed by atoms with Gasteiger partial charge in [-0.25, -0.2) is 8.42 Å². The van der Waals surface area contributed by atoms with E-state index in [1.54, 1.807) is 7.05 Å². The maximum Gasteiger partial charge on any atom is 0.239 e. The van der Waals surface area contributed by atoms with Crippen LogP contribution in [0.4, 0.5) is 0 Å². The second-order valence-corrected chi connectivity index (χ2v) is 6.63. The molecule has 2 atom stereocenters. The molecule has 0 saturated carbocycles. The molecule has 1 aliphatic rings. The lowest BCUT2D eigenvalue weighted by atomic mass is 10.1. The third-order valence-electron chi connectivity index (χ3n) is 3.02. The Morgan fingerprint density at radius 3 is 2.62 bits per heavy atom. The Morgan fingerprint density at radius 1 is 1.56 bits per heavy atom. The summed E-state index contributed by atoms with van der Waals surface area (Å²) in [6, 6.07) is -0.696. The molecule has 1 heterocycles. The average molecular weight is 248 g/mol. The van der Waals surface area contributed by atoms with Crippen molar-refractivity contribution in [2.75, 3.05) is 18.6 Å². The third kappa shape index (κ3) is 3.18. The first-order valence-electron chi connectivity index (χ1n) is 5.60. The highest BCUT2D eigenvalue weighted by molar-refractivity contribution is 7.91. The quantitative estimate of drug-likeness (QED) is 0.744.